The zero-order valence-electron chi connectivity index (χ0n) is 15.4. The molecule has 0 bridgehead atoms. The first-order valence-electron chi connectivity index (χ1n) is 8.40. The van der Waals surface area contributed by atoms with E-state index in [4.69, 9.17) is 10.2 Å². The molecule has 4 nitrogen and oxygen atoms in total. The lowest BCUT2D eigenvalue weighted by atomic mass is 10.1. The van der Waals surface area contributed by atoms with Gasteiger partial charge in [0.2, 0.25) is 0 Å². The zero-order valence-corrected chi connectivity index (χ0v) is 15.4. The Morgan fingerprint density at radius 3 is 1.07 bits per heavy atom. The van der Waals surface area contributed by atoms with Crippen LogP contribution in [0.1, 0.15) is 31.8 Å². The molecule has 0 fully saturated rings. The number of benzene rings is 3. The van der Waals surface area contributed by atoms with Gasteiger partial charge in [-0.25, -0.2) is 9.59 Å². The number of hydrogen-bond acceptors (Lipinski definition) is 2. The number of hydrogen-bond donors (Lipinski definition) is 2. The van der Waals surface area contributed by atoms with Crippen molar-refractivity contribution in [1.82, 2.24) is 0 Å². The molecule has 0 aliphatic rings. The SMILES string of the molecule is C=Cc1ccccc1.C=Cc1ccccc1.O=C(O)c1ccccc1C(=O)O. The van der Waals surface area contributed by atoms with Gasteiger partial charge in [0, 0.05) is 0 Å². The Morgan fingerprint density at radius 1 is 0.571 bits per heavy atom. The fourth-order valence-corrected chi connectivity index (χ4v) is 2.03. The lowest BCUT2D eigenvalue weighted by molar-refractivity contribution is 0.0651. The maximum absolute atomic E-state index is 10.5. The van der Waals surface area contributed by atoms with Crippen molar-refractivity contribution < 1.29 is 19.8 Å². The van der Waals surface area contributed by atoms with E-state index in [1.807, 2.05) is 72.8 Å². The molecule has 0 unspecified atom stereocenters. The van der Waals surface area contributed by atoms with Gasteiger partial charge in [-0.2, -0.15) is 0 Å². The van der Waals surface area contributed by atoms with E-state index >= 15 is 0 Å². The average Bonchev–Trinajstić information content (AvgIpc) is 2.75. The number of carboxylic acids is 2. The van der Waals surface area contributed by atoms with Crippen molar-refractivity contribution in [2.45, 2.75) is 0 Å². The second-order valence-corrected chi connectivity index (χ2v) is 5.39. The fraction of sp³-hybridized carbons (Fsp3) is 0. The van der Waals surface area contributed by atoms with Crippen LogP contribution in [0.15, 0.2) is 98.1 Å². The standard InChI is InChI=1S/C8H6O4.2C8H8/c9-7(10)5-3-1-2-4-6(5)8(11)12;2*1-2-8-6-4-3-5-7-8/h1-4H,(H,9,10)(H,11,12);2*2-7H,1H2. The van der Waals surface area contributed by atoms with Crippen molar-refractivity contribution in [3.8, 4) is 0 Å². The molecule has 0 aliphatic heterocycles. The fourth-order valence-electron chi connectivity index (χ4n) is 2.03. The Morgan fingerprint density at radius 2 is 0.857 bits per heavy atom. The Kier molecular flexibility index (Phi) is 9.83. The van der Waals surface area contributed by atoms with Gasteiger partial charge in [0.05, 0.1) is 11.1 Å². The van der Waals surface area contributed by atoms with Crippen LogP contribution >= 0.6 is 0 Å². The van der Waals surface area contributed by atoms with Gasteiger partial charge in [-0.3, -0.25) is 0 Å². The molecule has 0 heterocycles. The minimum absolute atomic E-state index is 0.190. The summed E-state index contributed by atoms with van der Waals surface area (Å²) in [5, 5.41) is 17.1. The predicted octanol–water partition coefficient (Wildman–Crippen LogP) is 5.74. The van der Waals surface area contributed by atoms with Crippen LogP contribution in [0.5, 0.6) is 0 Å². The quantitative estimate of drug-likeness (QED) is 0.610. The molecule has 0 spiro atoms. The average molecular weight is 374 g/mol. The molecule has 0 amide bonds. The summed E-state index contributed by atoms with van der Waals surface area (Å²) < 4.78 is 0. The van der Waals surface area contributed by atoms with Gasteiger partial charge in [-0.1, -0.05) is 98.1 Å². The van der Waals surface area contributed by atoms with Gasteiger partial charge in [-0.05, 0) is 23.3 Å². The van der Waals surface area contributed by atoms with Crippen LogP contribution in [0.3, 0.4) is 0 Å². The van der Waals surface area contributed by atoms with Gasteiger partial charge in [0.1, 0.15) is 0 Å². The molecule has 0 aliphatic carbocycles. The molecule has 0 aromatic heterocycles. The smallest absolute Gasteiger partial charge is 0.336 e. The van der Waals surface area contributed by atoms with Gasteiger partial charge in [0.15, 0.2) is 0 Å². The molecule has 0 saturated carbocycles. The molecular weight excluding hydrogens is 352 g/mol. The van der Waals surface area contributed by atoms with Crippen molar-refractivity contribution in [2.75, 3.05) is 0 Å². The predicted molar refractivity (Wildman–Crippen MR) is 113 cm³/mol. The van der Waals surface area contributed by atoms with Crippen LogP contribution < -0.4 is 0 Å². The third-order valence-electron chi connectivity index (χ3n) is 3.46. The lowest BCUT2D eigenvalue weighted by Gasteiger charge is -1.98. The highest BCUT2D eigenvalue weighted by molar-refractivity contribution is 6.01. The third kappa shape index (κ3) is 7.97. The summed E-state index contributed by atoms with van der Waals surface area (Å²) in [5.74, 6) is -2.46. The van der Waals surface area contributed by atoms with E-state index in [1.54, 1.807) is 0 Å². The minimum Gasteiger partial charge on any atom is -0.478 e. The van der Waals surface area contributed by atoms with Crippen LogP contribution in [0, 0.1) is 0 Å². The molecular formula is C24H22O4. The highest BCUT2D eigenvalue weighted by Crippen LogP contribution is 2.07. The monoisotopic (exact) mass is 374 g/mol. The number of carboxylic acid groups (broad SMARTS) is 2. The maximum Gasteiger partial charge on any atom is 0.336 e. The number of aromatic carboxylic acids is 2. The lowest BCUT2D eigenvalue weighted by Crippen LogP contribution is -2.06. The Balaban J connectivity index is 0.000000217. The van der Waals surface area contributed by atoms with Crippen LogP contribution in [0.2, 0.25) is 0 Å². The van der Waals surface area contributed by atoms with E-state index < -0.39 is 11.9 Å². The largest absolute Gasteiger partial charge is 0.478 e. The summed E-state index contributed by atoms with van der Waals surface area (Å²) in [7, 11) is 0. The van der Waals surface area contributed by atoms with Crippen LogP contribution in [-0.2, 0) is 0 Å². The molecule has 28 heavy (non-hydrogen) atoms. The topological polar surface area (TPSA) is 74.6 Å². The van der Waals surface area contributed by atoms with Gasteiger partial charge < -0.3 is 10.2 Å². The molecule has 3 aromatic rings. The van der Waals surface area contributed by atoms with Crippen LogP contribution in [0.25, 0.3) is 12.2 Å². The molecule has 142 valence electrons. The van der Waals surface area contributed by atoms with Gasteiger partial charge in [-0.15, -0.1) is 0 Å². The Bertz CT molecular complexity index is 824. The van der Waals surface area contributed by atoms with Crippen molar-refractivity contribution in [3.05, 3.63) is 120 Å². The van der Waals surface area contributed by atoms with Crippen molar-refractivity contribution >= 4 is 24.1 Å². The van der Waals surface area contributed by atoms with Crippen LogP contribution in [0.4, 0.5) is 0 Å². The summed E-state index contributed by atoms with van der Waals surface area (Å²) in [5.41, 5.74) is 1.97. The van der Waals surface area contributed by atoms with Gasteiger partial charge >= 0.3 is 11.9 Å². The summed E-state index contributed by atoms with van der Waals surface area (Å²) in [6.45, 7) is 7.26. The maximum atomic E-state index is 10.5. The summed E-state index contributed by atoms with van der Waals surface area (Å²) in [6.07, 6.45) is 3.67. The van der Waals surface area contributed by atoms with E-state index in [9.17, 15) is 9.59 Å². The minimum atomic E-state index is -1.23. The van der Waals surface area contributed by atoms with Crippen molar-refractivity contribution in [1.29, 1.82) is 0 Å². The molecule has 2 N–H and O–H groups in total. The zero-order chi connectivity index (χ0) is 20.8. The molecule has 0 atom stereocenters. The molecule has 3 aromatic carbocycles. The van der Waals surface area contributed by atoms with E-state index in [1.165, 1.54) is 35.4 Å². The second-order valence-electron chi connectivity index (χ2n) is 5.39. The molecule has 0 radical (unpaired) electrons. The number of rotatable bonds is 4. The Labute approximate surface area is 164 Å². The summed E-state index contributed by atoms with van der Waals surface area (Å²) in [6, 6.07) is 25.5. The summed E-state index contributed by atoms with van der Waals surface area (Å²) >= 11 is 0. The number of carbonyl (C=O) groups is 2. The van der Waals surface area contributed by atoms with Crippen molar-refractivity contribution in [2.24, 2.45) is 0 Å². The molecule has 4 heteroatoms. The van der Waals surface area contributed by atoms with E-state index in [0.717, 1.165) is 0 Å². The van der Waals surface area contributed by atoms with Crippen molar-refractivity contribution in [3.63, 3.8) is 0 Å². The first-order valence-corrected chi connectivity index (χ1v) is 8.40. The normalized spacial score (nSPS) is 8.86. The van der Waals surface area contributed by atoms with E-state index in [-0.39, 0.29) is 11.1 Å². The third-order valence-corrected chi connectivity index (χ3v) is 3.46. The Hall–Kier alpha value is -3.92. The summed E-state index contributed by atoms with van der Waals surface area (Å²) in [4.78, 5) is 20.9. The van der Waals surface area contributed by atoms with E-state index in [0.29, 0.717) is 0 Å². The first kappa shape index (κ1) is 22.1. The highest BCUT2D eigenvalue weighted by Gasteiger charge is 2.13. The van der Waals surface area contributed by atoms with Crippen LogP contribution in [-0.4, -0.2) is 22.2 Å². The first-order chi connectivity index (χ1) is 13.5. The van der Waals surface area contributed by atoms with Gasteiger partial charge in [0.25, 0.3) is 0 Å². The van der Waals surface area contributed by atoms with E-state index in [2.05, 4.69) is 13.2 Å². The second kappa shape index (κ2) is 12.4. The highest BCUT2D eigenvalue weighted by atomic mass is 16.4. The molecule has 3 rings (SSSR count). The molecule has 0 saturated heterocycles.